The highest BCUT2D eigenvalue weighted by Gasteiger charge is 2.04. The van der Waals surface area contributed by atoms with E-state index in [2.05, 4.69) is 24.1 Å². The van der Waals surface area contributed by atoms with Crippen molar-refractivity contribution < 1.29 is 4.74 Å². The van der Waals surface area contributed by atoms with E-state index in [9.17, 15) is 0 Å². The van der Waals surface area contributed by atoms with E-state index in [-0.39, 0.29) is 0 Å². The molecule has 0 spiro atoms. The minimum Gasteiger partial charge on any atom is -0.492 e. The SMILES string of the molecule is CC(C)NCc1ccc(OCCCn2ccnc2)c(Cl)c1. The van der Waals surface area contributed by atoms with Crippen molar-refractivity contribution in [1.29, 1.82) is 0 Å². The third-order valence-corrected chi connectivity index (χ3v) is 3.38. The summed E-state index contributed by atoms with van der Waals surface area (Å²) in [5.74, 6) is 0.746. The molecule has 21 heavy (non-hydrogen) atoms. The number of hydrogen-bond donors (Lipinski definition) is 1. The molecule has 0 bridgehead atoms. The molecule has 5 heteroatoms. The fourth-order valence-corrected chi connectivity index (χ4v) is 2.20. The van der Waals surface area contributed by atoms with Gasteiger partial charge in [0.25, 0.3) is 0 Å². The molecule has 1 N–H and O–H groups in total. The monoisotopic (exact) mass is 307 g/mol. The molecule has 0 unspecified atom stereocenters. The fraction of sp³-hybridized carbons (Fsp3) is 0.438. The van der Waals surface area contributed by atoms with Gasteiger partial charge in [-0.3, -0.25) is 0 Å². The number of aromatic nitrogens is 2. The van der Waals surface area contributed by atoms with Crippen molar-refractivity contribution in [2.45, 2.75) is 39.4 Å². The summed E-state index contributed by atoms with van der Waals surface area (Å²) in [4.78, 5) is 4.01. The van der Waals surface area contributed by atoms with Gasteiger partial charge in [-0.15, -0.1) is 0 Å². The average Bonchev–Trinajstić information content (AvgIpc) is 2.96. The quantitative estimate of drug-likeness (QED) is 0.759. The Morgan fingerprint density at radius 1 is 1.38 bits per heavy atom. The minimum atomic E-state index is 0.461. The number of aryl methyl sites for hydroxylation is 1. The minimum absolute atomic E-state index is 0.461. The van der Waals surface area contributed by atoms with E-state index in [1.54, 1.807) is 6.20 Å². The topological polar surface area (TPSA) is 39.1 Å². The first-order valence-electron chi connectivity index (χ1n) is 7.25. The highest BCUT2D eigenvalue weighted by molar-refractivity contribution is 6.32. The Bertz CT molecular complexity index is 540. The molecule has 2 rings (SSSR count). The average molecular weight is 308 g/mol. The molecule has 0 aliphatic rings. The normalized spacial score (nSPS) is 11.0. The van der Waals surface area contributed by atoms with Crippen LogP contribution in [0, 0.1) is 0 Å². The van der Waals surface area contributed by atoms with E-state index >= 15 is 0 Å². The van der Waals surface area contributed by atoms with Crippen LogP contribution in [0.5, 0.6) is 5.75 Å². The number of nitrogens with one attached hydrogen (secondary N) is 1. The van der Waals surface area contributed by atoms with E-state index in [1.807, 2.05) is 35.3 Å². The first-order chi connectivity index (χ1) is 10.1. The zero-order chi connectivity index (χ0) is 15.1. The Labute approximate surface area is 131 Å². The van der Waals surface area contributed by atoms with Crippen molar-refractivity contribution in [3.63, 3.8) is 0 Å². The van der Waals surface area contributed by atoms with Gasteiger partial charge >= 0.3 is 0 Å². The smallest absolute Gasteiger partial charge is 0.137 e. The second-order valence-electron chi connectivity index (χ2n) is 5.30. The number of rotatable bonds is 8. The van der Waals surface area contributed by atoms with Gasteiger partial charge in [-0.1, -0.05) is 31.5 Å². The summed E-state index contributed by atoms with van der Waals surface area (Å²) in [6.07, 6.45) is 6.46. The number of nitrogens with zero attached hydrogens (tertiary/aromatic N) is 2. The van der Waals surface area contributed by atoms with Crippen LogP contribution in [0.1, 0.15) is 25.8 Å². The van der Waals surface area contributed by atoms with Crippen molar-refractivity contribution in [2.24, 2.45) is 0 Å². The zero-order valence-corrected chi connectivity index (χ0v) is 13.3. The van der Waals surface area contributed by atoms with E-state index in [4.69, 9.17) is 16.3 Å². The number of halogens is 1. The lowest BCUT2D eigenvalue weighted by atomic mass is 10.2. The molecule has 1 aromatic heterocycles. The predicted octanol–water partition coefficient (Wildman–Crippen LogP) is 3.50. The predicted molar refractivity (Wildman–Crippen MR) is 85.8 cm³/mol. The van der Waals surface area contributed by atoms with E-state index in [0.717, 1.165) is 25.3 Å². The van der Waals surface area contributed by atoms with Crippen LogP contribution in [0.2, 0.25) is 5.02 Å². The molecule has 4 nitrogen and oxygen atoms in total. The third kappa shape index (κ3) is 5.40. The number of ether oxygens (including phenoxy) is 1. The standard InChI is InChI=1S/C16H22ClN3O/c1-13(2)19-11-14-4-5-16(15(17)10-14)21-9-3-7-20-8-6-18-12-20/h4-6,8,10,12-13,19H,3,7,9,11H2,1-2H3. The van der Waals surface area contributed by atoms with Crippen molar-refractivity contribution in [1.82, 2.24) is 14.9 Å². The summed E-state index contributed by atoms with van der Waals surface area (Å²) in [5, 5.41) is 4.04. The molecule has 0 fully saturated rings. The van der Waals surface area contributed by atoms with Crippen molar-refractivity contribution in [3.8, 4) is 5.75 Å². The molecule has 114 valence electrons. The lowest BCUT2D eigenvalue weighted by molar-refractivity contribution is 0.302. The van der Waals surface area contributed by atoms with Gasteiger partial charge in [0, 0.05) is 31.5 Å². The maximum atomic E-state index is 6.26. The van der Waals surface area contributed by atoms with Crippen LogP contribution in [0.3, 0.4) is 0 Å². The summed E-state index contributed by atoms with van der Waals surface area (Å²) < 4.78 is 7.76. The second kappa shape index (κ2) is 8.05. The van der Waals surface area contributed by atoms with Gasteiger partial charge in [0.05, 0.1) is 18.0 Å². The molecule has 0 radical (unpaired) electrons. The Morgan fingerprint density at radius 3 is 2.90 bits per heavy atom. The molecule has 1 heterocycles. The van der Waals surface area contributed by atoms with Crippen LogP contribution in [0.25, 0.3) is 0 Å². The summed E-state index contributed by atoms with van der Waals surface area (Å²) >= 11 is 6.26. The van der Waals surface area contributed by atoms with Crippen LogP contribution >= 0.6 is 11.6 Å². The van der Waals surface area contributed by atoms with Crippen molar-refractivity contribution >= 4 is 11.6 Å². The van der Waals surface area contributed by atoms with Crippen molar-refractivity contribution in [3.05, 3.63) is 47.5 Å². The summed E-state index contributed by atoms with van der Waals surface area (Å²) in [6, 6.07) is 6.41. The van der Waals surface area contributed by atoms with Crippen LogP contribution in [-0.4, -0.2) is 22.2 Å². The number of imidazole rings is 1. The lowest BCUT2D eigenvalue weighted by Gasteiger charge is -2.11. The van der Waals surface area contributed by atoms with Gasteiger partial charge in [-0.2, -0.15) is 0 Å². The molecule has 0 amide bonds. The third-order valence-electron chi connectivity index (χ3n) is 3.09. The Kier molecular flexibility index (Phi) is 6.08. The van der Waals surface area contributed by atoms with E-state index < -0.39 is 0 Å². The van der Waals surface area contributed by atoms with Gasteiger partial charge in [-0.25, -0.2) is 4.98 Å². The van der Waals surface area contributed by atoms with Gasteiger partial charge in [0.15, 0.2) is 0 Å². The highest BCUT2D eigenvalue weighted by atomic mass is 35.5. The van der Waals surface area contributed by atoms with E-state index in [0.29, 0.717) is 17.7 Å². The van der Waals surface area contributed by atoms with Gasteiger partial charge in [0.1, 0.15) is 5.75 Å². The number of benzene rings is 1. The molecule has 0 aliphatic heterocycles. The molecule has 1 aromatic carbocycles. The Hall–Kier alpha value is -1.52. The first kappa shape index (κ1) is 15.9. The van der Waals surface area contributed by atoms with Gasteiger partial charge in [-0.05, 0) is 24.1 Å². The Balaban J connectivity index is 1.77. The molecule has 0 saturated carbocycles. The van der Waals surface area contributed by atoms with Crippen LogP contribution in [-0.2, 0) is 13.1 Å². The van der Waals surface area contributed by atoms with Crippen LogP contribution in [0.4, 0.5) is 0 Å². The van der Waals surface area contributed by atoms with Gasteiger partial charge in [0.2, 0.25) is 0 Å². The first-order valence-corrected chi connectivity index (χ1v) is 7.63. The molecule has 0 saturated heterocycles. The fourth-order valence-electron chi connectivity index (χ4n) is 1.94. The molecule has 2 aromatic rings. The molecule has 0 atom stereocenters. The molecular formula is C16H22ClN3O. The van der Waals surface area contributed by atoms with Crippen molar-refractivity contribution in [2.75, 3.05) is 6.61 Å². The molecular weight excluding hydrogens is 286 g/mol. The van der Waals surface area contributed by atoms with Gasteiger partial charge < -0.3 is 14.6 Å². The molecule has 0 aliphatic carbocycles. The van der Waals surface area contributed by atoms with Crippen LogP contribution in [0.15, 0.2) is 36.9 Å². The summed E-state index contributed by atoms with van der Waals surface area (Å²) in [7, 11) is 0. The van der Waals surface area contributed by atoms with E-state index in [1.165, 1.54) is 5.56 Å². The number of hydrogen-bond acceptors (Lipinski definition) is 3. The lowest BCUT2D eigenvalue weighted by Crippen LogP contribution is -2.21. The Morgan fingerprint density at radius 2 is 2.24 bits per heavy atom. The van der Waals surface area contributed by atoms with Crippen LogP contribution < -0.4 is 10.1 Å². The summed E-state index contributed by atoms with van der Waals surface area (Å²) in [6.45, 7) is 6.60. The zero-order valence-electron chi connectivity index (χ0n) is 12.6. The maximum absolute atomic E-state index is 6.26. The summed E-state index contributed by atoms with van der Waals surface area (Å²) in [5.41, 5.74) is 1.17. The highest BCUT2D eigenvalue weighted by Crippen LogP contribution is 2.25. The maximum Gasteiger partial charge on any atom is 0.137 e. The largest absolute Gasteiger partial charge is 0.492 e. The second-order valence-corrected chi connectivity index (χ2v) is 5.71.